The molecule has 0 bridgehead atoms. The maximum Gasteiger partial charge on any atom is 0.246 e. The van der Waals surface area contributed by atoms with Crippen molar-refractivity contribution in [2.24, 2.45) is 5.92 Å². The molecule has 1 amide bonds. The van der Waals surface area contributed by atoms with Crippen molar-refractivity contribution in [3.63, 3.8) is 0 Å². The van der Waals surface area contributed by atoms with E-state index in [4.69, 9.17) is 4.74 Å². The molecule has 4 nitrogen and oxygen atoms in total. The standard InChI is InChI=1S/C17H25NO3/c1-14-6-5-9-17(10-14,13-19)18-16(20)12-21-11-15-7-3-2-4-8-15/h2-4,7-8,14,19H,5-6,9-13H2,1H3,(H,18,20). The van der Waals surface area contributed by atoms with Crippen molar-refractivity contribution < 1.29 is 14.6 Å². The number of carbonyl (C=O) groups is 1. The fourth-order valence-electron chi connectivity index (χ4n) is 3.12. The first-order chi connectivity index (χ1) is 10.1. The van der Waals surface area contributed by atoms with Crippen LogP contribution in [-0.4, -0.2) is 29.8 Å². The van der Waals surface area contributed by atoms with Crippen LogP contribution in [0.3, 0.4) is 0 Å². The van der Waals surface area contributed by atoms with E-state index in [1.807, 2.05) is 30.3 Å². The van der Waals surface area contributed by atoms with Gasteiger partial charge in [-0.2, -0.15) is 0 Å². The molecule has 1 saturated carbocycles. The summed E-state index contributed by atoms with van der Waals surface area (Å²) in [6.07, 6.45) is 3.90. The molecule has 2 unspecified atom stereocenters. The molecule has 0 saturated heterocycles. The second-order valence-corrected chi connectivity index (χ2v) is 6.17. The van der Waals surface area contributed by atoms with Crippen LogP contribution < -0.4 is 5.32 Å². The Bertz CT molecular complexity index is 449. The van der Waals surface area contributed by atoms with E-state index in [2.05, 4.69) is 12.2 Å². The third-order valence-electron chi connectivity index (χ3n) is 4.14. The topological polar surface area (TPSA) is 58.6 Å². The third kappa shape index (κ3) is 4.83. The number of ether oxygens (including phenoxy) is 1. The fourth-order valence-corrected chi connectivity index (χ4v) is 3.12. The molecule has 2 N–H and O–H groups in total. The number of amides is 1. The Morgan fingerprint density at radius 1 is 1.43 bits per heavy atom. The van der Waals surface area contributed by atoms with E-state index < -0.39 is 5.54 Å². The Morgan fingerprint density at radius 3 is 2.86 bits per heavy atom. The summed E-state index contributed by atoms with van der Waals surface area (Å²) in [4.78, 5) is 12.0. The van der Waals surface area contributed by atoms with Crippen LogP contribution >= 0.6 is 0 Å². The number of rotatable bonds is 6. The molecule has 0 aliphatic heterocycles. The van der Waals surface area contributed by atoms with Gasteiger partial charge in [0.05, 0.1) is 18.8 Å². The third-order valence-corrected chi connectivity index (χ3v) is 4.14. The zero-order chi connectivity index (χ0) is 15.1. The van der Waals surface area contributed by atoms with E-state index in [1.165, 1.54) is 6.42 Å². The van der Waals surface area contributed by atoms with Gasteiger partial charge in [-0.05, 0) is 24.3 Å². The molecule has 0 radical (unpaired) electrons. The van der Waals surface area contributed by atoms with Gasteiger partial charge in [-0.25, -0.2) is 0 Å². The SMILES string of the molecule is CC1CCCC(CO)(NC(=O)COCc2ccccc2)C1. The average molecular weight is 291 g/mol. The van der Waals surface area contributed by atoms with Gasteiger partial charge in [0, 0.05) is 0 Å². The molecule has 2 rings (SSSR count). The summed E-state index contributed by atoms with van der Waals surface area (Å²) in [5.41, 5.74) is 0.596. The van der Waals surface area contributed by atoms with Crippen LogP contribution in [-0.2, 0) is 16.1 Å². The molecule has 4 heteroatoms. The number of carbonyl (C=O) groups excluding carboxylic acids is 1. The fraction of sp³-hybridized carbons (Fsp3) is 0.588. The lowest BCUT2D eigenvalue weighted by atomic mass is 9.77. The zero-order valence-corrected chi connectivity index (χ0v) is 12.7. The van der Waals surface area contributed by atoms with Crippen molar-refractivity contribution in [3.8, 4) is 0 Å². The van der Waals surface area contributed by atoms with Crippen molar-refractivity contribution in [1.29, 1.82) is 0 Å². The Hall–Kier alpha value is -1.39. The highest BCUT2D eigenvalue weighted by atomic mass is 16.5. The number of hydrogen-bond acceptors (Lipinski definition) is 3. The van der Waals surface area contributed by atoms with Crippen LogP contribution in [0.15, 0.2) is 30.3 Å². The van der Waals surface area contributed by atoms with Gasteiger partial charge in [-0.3, -0.25) is 4.79 Å². The van der Waals surface area contributed by atoms with Crippen LogP contribution in [0.5, 0.6) is 0 Å². The van der Waals surface area contributed by atoms with E-state index in [1.54, 1.807) is 0 Å². The summed E-state index contributed by atoms with van der Waals surface area (Å²) in [6, 6.07) is 9.78. The summed E-state index contributed by atoms with van der Waals surface area (Å²) in [5.74, 6) is 0.394. The van der Waals surface area contributed by atoms with Crippen LogP contribution in [0.1, 0.15) is 38.2 Å². The second-order valence-electron chi connectivity index (χ2n) is 6.17. The number of nitrogens with one attached hydrogen (secondary N) is 1. The highest BCUT2D eigenvalue weighted by Crippen LogP contribution is 2.31. The first-order valence-electron chi connectivity index (χ1n) is 7.67. The number of benzene rings is 1. The second kappa shape index (κ2) is 7.57. The summed E-state index contributed by atoms with van der Waals surface area (Å²) < 4.78 is 5.45. The predicted octanol–water partition coefficient (Wildman–Crippen LogP) is 2.26. The molecule has 1 aromatic rings. The van der Waals surface area contributed by atoms with Gasteiger partial charge in [-0.1, -0.05) is 50.1 Å². The highest BCUT2D eigenvalue weighted by molar-refractivity contribution is 5.78. The molecule has 0 heterocycles. The molecule has 2 atom stereocenters. The highest BCUT2D eigenvalue weighted by Gasteiger charge is 2.35. The van der Waals surface area contributed by atoms with Crippen LogP contribution in [0.2, 0.25) is 0 Å². The van der Waals surface area contributed by atoms with Gasteiger partial charge in [0.15, 0.2) is 0 Å². The predicted molar refractivity (Wildman–Crippen MR) is 81.7 cm³/mol. The smallest absolute Gasteiger partial charge is 0.246 e. The van der Waals surface area contributed by atoms with Gasteiger partial charge in [0.25, 0.3) is 0 Å². The summed E-state index contributed by atoms with van der Waals surface area (Å²) in [7, 11) is 0. The normalized spacial score (nSPS) is 25.5. The van der Waals surface area contributed by atoms with E-state index in [0.717, 1.165) is 24.8 Å². The lowest BCUT2D eigenvalue weighted by molar-refractivity contribution is -0.129. The van der Waals surface area contributed by atoms with Crippen molar-refractivity contribution in [3.05, 3.63) is 35.9 Å². The monoisotopic (exact) mass is 291 g/mol. The zero-order valence-electron chi connectivity index (χ0n) is 12.7. The molecule has 1 fully saturated rings. The van der Waals surface area contributed by atoms with E-state index >= 15 is 0 Å². The quantitative estimate of drug-likeness (QED) is 0.845. The molecular weight excluding hydrogens is 266 g/mol. The largest absolute Gasteiger partial charge is 0.394 e. The van der Waals surface area contributed by atoms with Gasteiger partial charge in [-0.15, -0.1) is 0 Å². The molecule has 1 aliphatic rings. The van der Waals surface area contributed by atoms with Crippen LogP contribution in [0.4, 0.5) is 0 Å². The molecule has 21 heavy (non-hydrogen) atoms. The number of aliphatic hydroxyl groups excluding tert-OH is 1. The summed E-state index contributed by atoms with van der Waals surface area (Å²) >= 11 is 0. The minimum Gasteiger partial charge on any atom is -0.394 e. The molecule has 1 aliphatic carbocycles. The van der Waals surface area contributed by atoms with Crippen LogP contribution in [0.25, 0.3) is 0 Å². The van der Waals surface area contributed by atoms with Crippen molar-refractivity contribution in [2.45, 2.75) is 44.8 Å². The minimum atomic E-state index is -0.454. The Morgan fingerprint density at radius 2 is 2.19 bits per heavy atom. The molecule has 1 aromatic carbocycles. The number of hydrogen-bond donors (Lipinski definition) is 2. The van der Waals surface area contributed by atoms with Gasteiger partial charge < -0.3 is 15.2 Å². The van der Waals surface area contributed by atoms with E-state index in [0.29, 0.717) is 12.5 Å². The lowest BCUT2D eigenvalue weighted by Crippen LogP contribution is -2.54. The maximum atomic E-state index is 12.0. The minimum absolute atomic E-state index is 0.00175. The molecular formula is C17H25NO3. The average Bonchev–Trinajstić information content (AvgIpc) is 2.48. The lowest BCUT2D eigenvalue weighted by Gasteiger charge is -2.39. The van der Waals surface area contributed by atoms with Gasteiger partial charge in [0.1, 0.15) is 6.61 Å². The maximum absolute atomic E-state index is 12.0. The van der Waals surface area contributed by atoms with Crippen LogP contribution in [0, 0.1) is 5.92 Å². The van der Waals surface area contributed by atoms with Gasteiger partial charge in [0.2, 0.25) is 5.91 Å². The van der Waals surface area contributed by atoms with Crippen molar-refractivity contribution in [1.82, 2.24) is 5.32 Å². The Balaban J connectivity index is 1.77. The Kier molecular flexibility index (Phi) is 5.76. The molecule has 0 aromatic heterocycles. The molecule has 0 spiro atoms. The van der Waals surface area contributed by atoms with Gasteiger partial charge >= 0.3 is 0 Å². The first kappa shape index (κ1) is 16.0. The van der Waals surface area contributed by atoms with Crippen molar-refractivity contribution >= 4 is 5.91 Å². The molecule has 116 valence electrons. The number of aliphatic hydroxyl groups is 1. The van der Waals surface area contributed by atoms with Crippen molar-refractivity contribution in [2.75, 3.05) is 13.2 Å². The van der Waals surface area contributed by atoms with E-state index in [9.17, 15) is 9.90 Å². The Labute approximate surface area is 126 Å². The van der Waals surface area contributed by atoms with E-state index in [-0.39, 0.29) is 19.1 Å². The summed E-state index contributed by atoms with van der Waals surface area (Å²) in [5, 5.41) is 12.6. The first-order valence-corrected chi connectivity index (χ1v) is 7.67. The summed E-state index contributed by atoms with van der Waals surface area (Å²) in [6.45, 7) is 2.63.